The molecular formula is C49H29N5. The molecule has 10 rings (SSSR count). The van der Waals surface area contributed by atoms with Gasteiger partial charge in [0.15, 0.2) is 11.6 Å². The first-order valence-electron chi connectivity index (χ1n) is 22.0. The summed E-state index contributed by atoms with van der Waals surface area (Å²) in [6.07, 6.45) is 0. The SMILES string of the molecule is [2H]c1c([2H])c([2H])c(-c2ccc3c(c2)c2ccccc2n3-c2nc(-n3c4ccccc4c4cc(-c5c([2H])c([2H])c([2H])c([2H])c5[2H])ccc43)c(C#N)c(-c3ccccc3)c2C#N)c([2H])c1[2H]. The number of para-hydroxylation sites is 2. The number of rotatable bonds is 5. The molecule has 3 heterocycles. The molecule has 0 aliphatic carbocycles. The molecule has 0 aliphatic rings. The van der Waals surface area contributed by atoms with Crippen molar-refractivity contribution in [2.45, 2.75) is 0 Å². The van der Waals surface area contributed by atoms with E-state index in [-0.39, 0.29) is 58.1 Å². The van der Waals surface area contributed by atoms with Gasteiger partial charge in [-0.05, 0) is 64.2 Å². The van der Waals surface area contributed by atoms with Crippen LogP contribution in [0.25, 0.3) is 88.6 Å². The van der Waals surface area contributed by atoms with E-state index in [1.165, 1.54) is 0 Å². The highest BCUT2D eigenvalue weighted by atomic mass is 15.1. The van der Waals surface area contributed by atoms with Crippen LogP contribution < -0.4 is 0 Å². The zero-order valence-corrected chi connectivity index (χ0v) is 28.2. The predicted molar refractivity (Wildman–Crippen MR) is 219 cm³/mol. The maximum atomic E-state index is 11.2. The van der Waals surface area contributed by atoms with E-state index in [1.54, 1.807) is 36.4 Å². The highest BCUT2D eigenvalue weighted by Gasteiger charge is 2.27. The van der Waals surface area contributed by atoms with Gasteiger partial charge >= 0.3 is 0 Å². The summed E-state index contributed by atoms with van der Waals surface area (Å²) in [5.74, 6) is 0.414. The fourth-order valence-corrected chi connectivity index (χ4v) is 7.49. The van der Waals surface area contributed by atoms with Gasteiger partial charge in [-0.3, -0.25) is 9.13 Å². The number of pyridine rings is 1. The van der Waals surface area contributed by atoms with Gasteiger partial charge in [0.2, 0.25) is 0 Å². The maximum absolute atomic E-state index is 11.2. The minimum absolute atomic E-state index is 0.0497. The number of benzene rings is 7. The van der Waals surface area contributed by atoms with Crippen molar-refractivity contribution in [1.29, 1.82) is 10.5 Å². The third-order valence-corrected chi connectivity index (χ3v) is 9.79. The van der Waals surface area contributed by atoms with E-state index in [1.807, 2.05) is 88.0 Å². The first-order chi connectivity index (χ1) is 30.9. The summed E-state index contributed by atoms with van der Waals surface area (Å²) >= 11 is 0. The number of hydrogen-bond donors (Lipinski definition) is 0. The molecule has 0 bridgehead atoms. The highest BCUT2D eigenvalue weighted by molar-refractivity contribution is 6.12. The summed E-state index contributed by atoms with van der Waals surface area (Å²) in [5, 5.41) is 25.1. The van der Waals surface area contributed by atoms with Crippen LogP contribution >= 0.6 is 0 Å². The zero-order chi connectivity index (χ0) is 44.9. The second-order valence-electron chi connectivity index (χ2n) is 12.6. The van der Waals surface area contributed by atoms with Crippen LogP contribution in [0.15, 0.2) is 176 Å². The van der Waals surface area contributed by atoms with E-state index < -0.39 is 36.3 Å². The molecule has 0 spiro atoms. The van der Waals surface area contributed by atoms with Crippen molar-refractivity contribution in [3.05, 3.63) is 187 Å². The maximum Gasteiger partial charge on any atom is 0.158 e. The van der Waals surface area contributed by atoms with Crippen molar-refractivity contribution >= 4 is 43.6 Å². The molecule has 0 radical (unpaired) electrons. The Hall–Kier alpha value is -7.73. The van der Waals surface area contributed by atoms with E-state index in [0.717, 1.165) is 10.8 Å². The molecule has 0 unspecified atom stereocenters. The summed E-state index contributed by atoms with van der Waals surface area (Å²) in [6, 6.07) is 35.2. The Bertz CT molecular complexity index is 3490. The van der Waals surface area contributed by atoms with Gasteiger partial charge in [-0.1, -0.05) is 139 Å². The van der Waals surface area contributed by atoms with Gasteiger partial charge in [0.25, 0.3) is 0 Å². The van der Waals surface area contributed by atoms with Crippen LogP contribution in [0.1, 0.15) is 24.8 Å². The highest BCUT2D eigenvalue weighted by Crippen LogP contribution is 2.42. The smallest absolute Gasteiger partial charge is 0.158 e. The van der Waals surface area contributed by atoms with Crippen LogP contribution in [0.5, 0.6) is 0 Å². The van der Waals surface area contributed by atoms with Crippen molar-refractivity contribution in [3.8, 4) is 57.2 Å². The van der Waals surface area contributed by atoms with Gasteiger partial charge in [-0.15, -0.1) is 0 Å². The Morgan fingerprint density at radius 2 is 0.852 bits per heavy atom. The van der Waals surface area contributed by atoms with Gasteiger partial charge in [0.1, 0.15) is 23.3 Å². The lowest BCUT2D eigenvalue weighted by molar-refractivity contribution is 1.00. The summed E-state index contributed by atoms with van der Waals surface area (Å²) < 4.78 is 88.0. The molecule has 7 aromatic carbocycles. The standard InChI is InChI=1S/C49H29N5/c50-30-41-47(34-18-8-3-9-19-34)42(31-51)49(54-44-23-13-11-21-38(44)40-29-36(25-27-46(40)54)33-16-6-2-7-17-33)52-48(41)53-43-22-12-10-20-37(43)39-28-35(24-26-45(39)53)32-14-4-1-5-15-32/h1-29H/i1D,2D,4D,5D,6D,7D,14D,15D,16D,17D. The lowest BCUT2D eigenvalue weighted by Gasteiger charge is -2.19. The number of hydrogen-bond acceptors (Lipinski definition) is 3. The van der Waals surface area contributed by atoms with Crippen molar-refractivity contribution in [1.82, 2.24) is 14.1 Å². The van der Waals surface area contributed by atoms with E-state index in [0.29, 0.717) is 55.1 Å². The topological polar surface area (TPSA) is 70.3 Å². The quantitative estimate of drug-likeness (QED) is 0.180. The number of nitrogens with zero attached hydrogens (tertiary/aromatic N) is 5. The van der Waals surface area contributed by atoms with Gasteiger partial charge in [-0.2, -0.15) is 10.5 Å². The van der Waals surface area contributed by atoms with Crippen LogP contribution in [-0.4, -0.2) is 14.1 Å². The average Bonchev–Trinajstić information content (AvgIpc) is 3.83. The van der Waals surface area contributed by atoms with E-state index in [4.69, 9.17) is 18.7 Å². The summed E-state index contributed by atoms with van der Waals surface area (Å²) in [6.45, 7) is 0. The van der Waals surface area contributed by atoms with Gasteiger partial charge < -0.3 is 0 Å². The monoisotopic (exact) mass is 697 g/mol. The van der Waals surface area contributed by atoms with Gasteiger partial charge in [0.05, 0.1) is 35.8 Å². The molecule has 0 fully saturated rings. The van der Waals surface area contributed by atoms with Crippen LogP contribution in [0.4, 0.5) is 0 Å². The first kappa shape index (κ1) is 22.3. The molecule has 10 aromatic rings. The third-order valence-electron chi connectivity index (χ3n) is 9.79. The molecule has 250 valence electrons. The molecule has 54 heavy (non-hydrogen) atoms. The second-order valence-corrected chi connectivity index (χ2v) is 12.6. The minimum Gasteiger partial charge on any atom is -0.293 e. The molecule has 0 aliphatic heterocycles. The van der Waals surface area contributed by atoms with Crippen molar-refractivity contribution in [2.75, 3.05) is 0 Å². The van der Waals surface area contributed by atoms with Crippen molar-refractivity contribution in [2.24, 2.45) is 0 Å². The molecule has 5 nitrogen and oxygen atoms in total. The van der Waals surface area contributed by atoms with Crippen LogP contribution in [0, 0.1) is 22.7 Å². The largest absolute Gasteiger partial charge is 0.293 e. The van der Waals surface area contributed by atoms with Gasteiger partial charge in [-0.25, -0.2) is 4.98 Å². The molecule has 0 saturated carbocycles. The predicted octanol–water partition coefficient (Wildman–Crippen LogP) is 12.0. The second kappa shape index (κ2) is 12.5. The molecule has 0 atom stereocenters. The Labute approximate surface area is 325 Å². The summed E-state index contributed by atoms with van der Waals surface area (Å²) in [4.78, 5) is 5.29. The van der Waals surface area contributed by atoms with Crippen LogP contribution in [0.2, 0.25) is 0 Å². The Morgan fingerprint density at radius 3 is 1.31 bits per heavy atom. The number of nitriles is 2. The number of fused-ring (bicyclic) bond motifs is 6. The zero-order valence-electron chi connectivity index (χ0n) is 38.2. The van der Waals surface area contributed by atoms with Gasteiger partial charge in [0, 0.05) is 27.1 Å². The third kappa shape index (κ3) is 4.74. The van der Waals surface area contributed by atoms with E-state index in [2.05, 4.69) is 12.1 Å². The van der Waals surface area contributed by atoms with Crippen LogP contribution in [0.3, 0.4) is 0 Å². The molecule has 0 N–H and O–H groups in total. The lowest BCUT2D eigenvalue weighted by atomic mass is 9.95. The fraction of sp³-hybridized carbons (Fsp3) is 0. The number of aromatic nitrogens is 3. The Balaban J connectivity index is 1.31. The van der Waals surface area contributed by atoms with Crippen molar-refractivity contribution < 1.29 is 13.7 Å². The lowest BCUT2D eigenvalue weighted by Crippen LogP contribution is -2.11. The molecule has 3 aromatic heterocycles. The molecule has 0 amide bonds. The van der Waals surface area contributed by atoms with Crippen LogP contribution in [-0.2, 0) is 0 Å². The summed E-state index contributed by atoms with van der Waals surface area (Å²) in [7, 11) is 0. The fourth-order valence-electron chi connectivity index (χ4n) is 7.49. The average molecular weight is 698 g/mol. The molecular weight excluding hydrogens is 659 g/mol. The minimum atomic E-state index is -0.491. The van der Waals surface area contributed by atoms with E-state index >= 15 is 0 Å². The molecule has 0 saturated heterocycles. The van der Waals surface area contributed by atoms with E-state index in [9.17, 15) is 10.5 Å². The first-order valence-corrected chi connectivity index (χ1v) is 17.0. The summed E-state index contributed by atoms with van der Waals surface area (Å²) in [5.41, 5.74) is 4.58. The Kier molecular flexibility index (Phi) is 5.15. The van der Waals surface area contributed by atoms with Crippen molar-refractivity contribution in [3.63, 3.8) is 0 Å². The molecule has 5 heteroatoms. The normalized spacial score (nSPS) is 13.9. The Morgan fingerprint density at radius 1 is 0.426 bits per heavy atom.